The summed E-state index contributed by atoms with van der Waals surface area (Å²) < 4.78 is 0.946. The molecule has 0 unspecified atom stereocenters. The number of amides is 1. The van der Waals surface area contributed by atoms with Crippen LogP contribution in [0.5, 0.6) is 0 Å². The largest absolute Gasteiger partial charge is 0.389 e. The Morgan fingerprint density at radius 2 is 2.00 bits per heavy atom. The predicted molar refractivity (Wildman–Crippen MR) is 89.2 cm³/mol. The standard InChI is InChI=1S/C15H13BrN2OS/c1-9-7-11(16)5-6-13(9)15(19)18-12-4-2-3-10(8-12)14(17)20/h2-8H,1H3,(H2,17,20)(H,18,19). The third-order valence-electron chi connectivity index (χ3n) is 2.84. The number of nitrogens with one attached hydrogen (secondary N) is 1. The van der Waals surface area contributed by atoms with Crippen molar-refractivity contribution in [3.63, 3.8) is 0 Å². The van der Waals surface area contributed by atoms with Gasteiger partial charge in [0.25, 0.3) is 5.91 Å². The Balaban J connectivity index is 2.23. The molecule has 0 heterocycles. The summed E-state index contributed by atoms with van der Waals surface area (Å²) in [5.74, 6) is -0.157. The maximum Gasteiger partial charge on any atom is 0.255 e. The second-order valence-electron chi connectivity index (χ2n) is 4.36. The fourth-order valence-electron chi connectivity index (χ4n) is 1.83. The average Bonchev–Trinajstić information content (AvgIpc) is 2.38. The van der Waals surface area contributed by atoms with E-state index in [2.05, 4.69) is 21.2 Å². The van der Waals surface area contributed by atoms with E-state index < -0.39 is 0 Å². The van der Waals surface area contributed by atoms with Gasteiger partial charge in [0.15, 0.2) is 0 Å². The maximum atomic E-state index is 12.2. The van der Waals surface area contributed by atoms with Crippen LogP contribution in [0.1, 0.15) is 21.5 Å². The number of carbonyl (C=O) groups excluding carboxylic acids is 1. The third kappa shape index (κ3) is 3.43. The van der Waals surface area contributed by atoms with Crippen LogP contribution in [0.4, 0.5) is 5.69 Å². The van der Waals surface area contributed by atoms with E-state index in [1.807, 2.05) is 25.1 Å². The average molecular weight is 349 g/mol. The van der Waals surface area contributed by atoms with Crippen molar-refractivity contribution >= 4 is 44.7 Å². The van der Waals surface area contributed by atoms with Crippen molar-refractivity contribution in [2.24, 2.45) is 5.73 Å². The third-order valence-corrected chi connectivity index (χ3v) is 3.57. The van der Waals surface area contributed by atoms with E-state index >= 15 is 0 Å². The van der Waals surface area contributed by atoms with E-state index in [9.17, 15) is 4.79 Å². The van der Waals surface area contributed by atoms with E-state index in [0.717, 1.165) is 15.6 Å². The van der Waals surface area contributed by atoms with Gasteiger partial charge < -0.3 is 11.1 Å². The van der Waals surface area contributed by atoms with Gasteiger partial charge in [0.1, 0.15) is 4.99 Å². The van der Waals surface area contributed by atoms with Gasteiger partial charge in [-0.25, -0.2) is 0 Å². The van der Waals surface area contributed by atoms with Crippen molar-refractivity contribution < 1.29 is 4.79 Å². The van der Waals surface area contributed by atoms with Crippen LogP contribution in [0.25, 0.3) is 0 Å². The van der Waals surface area contributed by atoms with Crippen molar-refractivity contribution in [1.29, 1.82) is 0 Å². The SMILES string of the molecule is Cc1cc(Br)ccc1C(=O)Nc1cccc(C(N)=S)c1. The zero-order valence-electron chi connectivity index (χ0n) is 10.8. The van der Waals surface area contributed by atoms with Crippen LogP contribution in [0.3, 0.4) is 0 Å². The first-order valence-corrected chi connectivity index (χ1v) is 7.15. The van der Waals surface area contributed by atoms with Crippen LogP contribution in [0.15, 0.2) is 46.9 Å². The normalized spacial score (nSPS) is 10.1. The number of nitrogens with two attached hydrogens (primary N) is 1. The summed E-state index contributed by atoms with van der Waals surface area (Å²) in [5, 5.41) is 2.84. The molecule has 102 valence electrons. The van der Waals surface area contributed by atoms with Gasteiger partial charge in [0, 0.05) is 21.3 Å². The van der Waals surface area contributed by atoms with Gasteiger partial charge in [-0.15, -0.1) is 0 Å². The molecule has 0 saturated heterocycles. The minimum Gasteiger partial charge on any atom is -0.389 e. The Morgan fingerprint density at radius 1 is 1.25 bits per heavy atom. The molecule has 3 nitrogen and oxygen atoms in total. The van der Waals surface area contributed by atoms with Gasteiger partial charge in [-0.3, -0.25) is 4.79 Å². The van der Waals surface area contributed by atoms with E-state index in [1.165, 1.54) is 0 Å². The molecule has 0 fully saturated rings. The van der Waals surface area contributed by atoms with Gasteiger partial charge in [-0.1, -0.05) is 40.3 Å². The summed E-state index contributed by atoms with van der Waals surface area (Å²) in [6, 6.07) is 12.7. The first-order chi connectivity index (χ1) is 9.47. The van der Waals surface area contributed by atoms with Crippen molar-refractivity contribution in [3.05, 3.63) is 63.6 Å². The molecule has 0 aliphatic carbocycles. The lowest BCUT2D eigenvalue weighted by molar-refractivity contribution is 0.102. The first kappa shape index (κ1) is 14.7. The molecule has 2 aromatic carbocycles. The molecule has 5 heteroatoms. The van der Waals surface area contributed by atoms with Crippen molar-refractivity contribution in [3.8, 4) is 0 Å². The number of hydrogen-bond donors (Lipinski definition) is 2. The quantitative estimate of drug-likeness (QED) is 0.832. The Hall–Kier alpha value is -1.72. The number of rotatable bonds is 3. The van der Waals surface area contributed by atoms with Gasteiger partial charge in [-0.2, -0.15) is 0 Å². The summed E-state index contributed by atoms with van der Waals surface area (Å²) in [7, 11) is 0. The highest BCUT2D eigenvalue weighted by molar-refractivity contribution is 9.10. The van der Waals surface area contributed by atoms with E-state index in [1.54, 1.807) is 24.3 Å². The summed E-state index contributed by atoms with van der Waals surface area (Å²) in [6.45, 7) is 1.89. The maximum absolute atomic E-state index is 12.2. The highest BCUT2D eigenvalue weighted by Gasteiger charge is 2.10. The van der Waals surface area contributed by atoms with Gasteiger partial charge in [0.2, 0.25) is 0 Å². The van der Waals surface area contributed by atoms with Gasteiger partial charge >= 0.3 is 0 Å². The van der Waals surface area contributed by atoms with E-state index in [0.29, 0.717) is 16.2 Å². The molecular weight excluding hydrogens is 336 g/mol. The zero-order chi connectivity index (χ0) is 14.7. The van der Waals surface area contributed by atoms with Crippen LogP contribution >= 0.6 is 28.1 Å². The highest BCUT2D eigenvalue weighted by atomic mass is 79.9. The van der Waals surface area contributed by atoms with Crippen LogP contribution in [-0.4, -0.2) is 10.9 Å². The van der Waals surface area contributed by atoms with Crippen molar-refractivity contribution in [1.82, 2.24) is 0 Å². The van der Waals surface area contributed by atoms with Crippen molar-refractivity contribution in [2.75, 3.05) is 5.32 Å². The monoisotopic (exact) mass is 348 g/mol. The molecule has 0 aromatic heterocycles. The molecule has 0 aliphatic rings. The number of thiocarbonyl (C=S) groups is 1. The molecule has 0 saturated carbocycles. The van der Waals surface area contributed by atoms with Crippen LogP contribution in [0, 0.1) is 6.92 Å². The number of hydrogen-bond acceptors (Lipinski definition) is 2. The van der Waals surface area contributed by atoms with Crippen LogP contribution in [-0.2, 0) is 0 Å². The molecule has 0 bridgehead atoms. The number of aryl methyl sites for hydroxylation is 1. The Bertz CT molecular complexity index is 685. The number of halogens is 1. The zero-order valence-corrected chi connectivity index (χ0v) is 13.2. The van der Waals surface area contributed by atoms with E-state index in [-0.39, 0.29) is 5.91 Å². The fraction of sp³-hybridized carbons (Fsp3) is 0.0667. The summed E-state index contributed by atoms with van der Waals surface area (Å²) in [4.78, 5) is 12.5. The second-order valence-corrected chi connectivity index (χ2v) is 5.71. The molecule has 20 heavy (non-hydrogen) atoms. The second kappa shape index (κ2) is 6.15. The molecule has 0 atom stereocenters. The number of carbonyl (C=O) groups is 1. The molecule has 0 radical (unpaired) electrons. The lowest BCUT2D eigenvalue weighted by atomic mass is 10.1. The summed E-state index contributed by atoms with van der Waals surface area (Å²) in [5.41, 5.74) is 8.51. The molecule has 3 N–H and O–H groups in total. The molecule has 2 rings (SSSR count). The lowest BCUT2D eigenvalue weighted by Gasteiger charge is -2.09. The first-order valence-electron chi connectivity index (χ1n) is 5.95. The minimum absolute atomic E-state index is 0.157. The molecular formula is C15H13BrN2OS. The Morgan fingerprint density at radius 3 is 2.65 bits per heavy atom. The smallest absolute Gasteiger partial charge is 0.255 e. The Kier molecular flexibility index (Phi) is 4.52. The molecule has 2 aromatic rings. The van der Waals surface area contributed by atoms with Crippen molar-refractivity contribution in [2.45, 2.75) is 6.92 Å². The number of benzene rings is 2. The fourth-order valence-corrected chi connectivity index (χ4v) is 2.43. The predicted octanol–water partition coefficient (Wildman–Crippen LogP) is 3.64. The number of anilines is 1. The Labute approximate surface area is 131 Å². The molecule has 1 amide bonds. The minimum atomic E-state index is -0.157. The van der Waals surface area contributed by atoms with Crippen LogP contribution in [0.2, 0.25) is 0 Å². The lowest BCUT2D eigenvalue weighted by Crippen LogP contribution is -2.14. The van der Waals surface area contributed by atoms with E-state index in [4.69, 9.17) is 18.0 Å². The highest BCUT2D eigenvalue weighted by Crippen LogP contribution is 2.18. The van der Waals surface area contributed by atoms with Crippen LogP contribution < -0.4 is 11.1 Å². The summed E-state index contributed by atoms with van der Waals surface area (Å²) in [6.07, 6.45) is 0. The summed E-state index contributed by atoms with van der Waals surface area (Å²) >= 11 is 8.30. The molecule has 0 aliphatic heterocycles. The van der Waals surface area contributed by atoms with Gasteiger partial charge in [0.05, 0.1) is 0 Å². The molecule has 0 spiro atoms. The van der Waals surface area contributed by atoms with Gasteiger partial charge in [-0.05, 0) is 42.8 Å². The topological polar surface area (TPSA) is 55.1 Å².